The van der Waals surface area contributed by atoms with E-state index in [0.29, 0.717) is 0 Å². The molecule has 0 radical (unpaired) electrons. The zero-order valence-electron chi connectivity index (χ0n) is 12.6. The number of hydrogen-bond donors (Lipinski definition) is 1. The molecular weight excluding hydrogens is 236 g/mol. The number of ether oxygens (including phenoxy) is 1. The van der Waals surface area contributed by atoms with Gasteiger partial charge in [-0.1, -0.05) is 0 Å². The van der Waals surface area contributed by atoms with E-state index in [9.17, 15) is 0 Å². The molecule has 0 aliphatic rings. The Hall–Kier alpha value is -0.930. The number of unbranched alkanes of at least 4 members (excludes halogenated alkanes) is 1. The van der Waals surface area contributed by atoms with E-state index < -0.39 is 0 Å². The number of aromatic nitrogens is 1. The summed E-state index contributed by atoms with van der Waals surface area (Å²) in [4.78, 5) is 4.01. The van der Waals surface area contributed by atoms with Crippen LogP contribution in [0.15, 0.2) is 24.5 Å². The van der Waals surface area contributed by atoms with Crippen LogP contribution in [-0.4, -0.2) is 30.3 Å². The Bertz CT molecular complexity index is 319. The summed E-state index contributed by atoms with van der Waals surface area (Å²) in [6.45, 7) is 9.40. The topological polar surface area (TPSA) is 34.1 Å². The maximum Gasteiger partial charge on any atom is 0.0469 e. The summed E-state index contributed by atoms with van der Waals surface area (Å²) in [6, 6.07) is 4.14. The van der Waals surface area contributed by atoms with Crippen LogP contribution in [0.2, 0.25) is 0 Å². The number of nitrogens with one attached hydrogen (secondary N) is 1. The molecule has 1 aromatic heterocycles. The second-order valence-electron chi connectivity index (χ2n) is 5.96. The number of pyridine rings is 1. The molecule has 0 amide bonds. The van der Waals surface area contributed by atoms with Crippen molar-refractivity contribution in [3.8, 4) is 0 Å². The van der Waals surface area contributed by atoms with Crippen LogP contribution in [0.1, 0.15) is 45.6 Å². The molecule has 0 aromatic carbocycles. The predicted molar refractivity (Wildman–Crippen MR) is 80.4 cm³/mol. The Morgan fingerprint density at radius 3 is 2.42 bits per heavy atom. The summed E-state index contributed by atoms with van der Waals surface area (Å²) in [5, 5.41) is 3.48. The minimum Gasteiger partial charge on any atom is -0.381 e. The van der Waals surface area contributed by atoms with Gasteiger partial charge in [-0.05, 0) is 70.7 Å². The third-order valence-electron chi connectivity index (χ3n) is 2.87. The van der Waals surface area contributed by atoms with Crippen LogP contribution in [0, 0.1) is 0 Å². The quantitative estimate of drug-likeness (QED) is 0.696. The third kappa shape index (κ3) is 9.62. The van der Waals surface area contributed by atoms with E-state index in [2.05, 4.69) is 43.2 Å². The summed E-state index contributed by atoms with van der Waals surface area (Å²) >= 11 is 0. The number of nitrogens with zero attached hydrogens (tertiary/aromatic N) is 1. The maximum absolute atomic E-state index is 5.64. The van der Waals surface area contributed by atoms with Crippen molar-refractivity contribution in [3.63, 3.8) is 0 Å². The molecule has 3 nitrogen and oxygen atoms in total. The number of aryl methyl sites for hydroxylation is 1. The molecule has 19 heavy (non-hydrogen) atoms. The van der Waals surface area contributed by atoms with Crippen molar-refractivity contribution in [2.45, 2.75) is 52.0 Å². The summed E-state index contributed by atoms with van der Waals surface area (Å²) < 4.78 is 5.64. The molecule has 108 valence electrons. The fraction of sp³-hybridized carbons (Fsp3) is 0.688. The lowest BCUT2D eigenvalue weighted by Crippen LogP contribution is -2.36. The van der Waals surface area contributed by atoms with Crippen LogP contribution in [0.25, 0.3) is 0 Å². The lowest BCUT2D eigenvalue weighted by atomic mass is 10.1. The molecule has 0 spiro atoms. The highest BCUT2D eigenvalue weighted by molar-refractivity contribution is 5.09. The van der Waals surface area contributed by atoms with Crippen molar-refractivity contribution in [3.05, 3.63) is 30.1 Å². The second kappa shape index (κ2) is 9.05. The Balaban J connectivity index is 1.87. The zero-order valence-corrected chi connectivity index (χ0v) is 12.6. The first-order valence-electron chi connectivity index (χ1n) is 7.29. The third-order valence-corrected chi connectivity index (χ3v) is 2.87. The van der Waals surface area contributed by atoms with Gasteiger partial charge in [0.15, 0.2) is 0 Å². The molecule has 1 rings (SSSR count). The van der Waals surface area contributed by atoms with Crippen LogP contribution >= 0.6 is 0 Å². The van der Waals surface area contributed by atoms with Gasteiger partial charge in [-0.15, -0.1) is 0 Å². The largest absolute Gasteiger partial charge is 0.381 e. The summed E-state index contributed by atoms with van der Waals surface area (Å²) in [6.07, 6.45) is 8.18. The van der Waals surface area contributed by atoms with E-state index in [1.165, 1.54) is 12.0 Å². The fourth-order valence-electron chi connectivity index (χ4n) is 1.82. The Morgan fingerprint density at radius 2 is 1.74 bits per heavy atom. The van der Waals surface area contributed by atoms with Gasteiger partial charge in [0.25, 0.3) is 0 Å². The standard InChI is InChI=1S/C16H28N2O/c1-16(2,3)18-10-4-5-13-19-14-6-7-15-8-11-17-12-9-15/h8-9,11-12,18H,4-7,10,13-14H2,1-3H3. The van der Waals surface area contributed by atoms with Crippen LogP contribution in [0.3, 0.4) is 0 Å². The average Bonchev–Trinajstić information content (AvgIpc) is 2.37. The van der Waals surface area contributed by atoms with Crippen molar-refractivity contribution < 1.29 is 4.74 Å². The van der Waals surface area contributed by atoms with Crippen LogP contribution < -0.4 is 5.32 Å². The van der Waals surface area contributed by atoms with E-state index in [-0.39, 0.29) is 5.54 Å². The molecular formula is C16H28N2O. The van der Waals surface area contributed by atoms with E-state index in [1.807, 2.05) is 12.4 Å². The van der Waals surface area contributed by atoms with Crippen LogP contribution in [0.5, 0.6) is 0 Å². The van der Waals surface area contributed by atoms with Gasteiger partial charge < -0.3 is 10.1 Å². The van der Waals surface area contributed by atoms with Gasteiger partial charge in [0.1, 0.15) is 0 Å². The molecule has 0 aliphatic carbocycles. The molecule has 0 saturated carbocycles. The van der Waals surface area contributed by atoms with E-state index in [1.54, 1.807) is 0 Å². The molecule has 3 heteroatoms. The minimum absolute atomic E-state index is 0.228. The first-order valence-corrected chi connectivity index (χ1v) is 7.29. The summed E-state index contributed by atoms with van der Waals surface area (Å²) in [5.41, 5.74) is 1.57. The fourth-order valence-corrected chi connectivity index (χ4v) is 1.82. The van der Waals surface area contributed by atoms with Crippen LogP contribution in [-0.2, 0) is 11.2 Å². The van der Waals surface area contributed by atoms with Gasteiger partial charge >= 0.3 is 0 Å². The van der Waals surface area contributed by atoms with Gasteiger partial charge in [0.2, 0.25) is 0 Å². The van der Waals surface area contributed by atoms with Gasteiger partial charge in [-0.25, -0.2) is 0 Å². The predicted octanol–water partition coefficient (Wildman–Crippen LogP) is 3.20. The average molecular weight is 264 g/mol. The minimum atomic E-state index is 0.228. The van der Waals surface area contributed by atoms with Crippen molar-refractivity contribution in [1.82, 2.24) is 10.3 Å². The lowest BCUT2D eigenvalue weighted by Gasteiger charge is -2.20. The molecule has 0 fully saturated rings. The molecule has 0 bridgehead atoms. The van der Waals surface area contributed by atoms with E-state index >= 15 is 0 Å². The lowest BCUT2D eigenvalue weighted by molar-refractivity contribution is 0.128. The molecule has 1 heterocycles. The molecule has 0 saturated heterocycles. The highest BCUT2D eigenvalue weighted by Crippen LogP contribution is 2.02. The number of rotatable bonds is 9. The Labute approximate surface area is 117 Å². The molecule has 0 unspecified atom stereocenters. The Morgan fingerprint density at radius 1 is 1.05 bits per heavy atom. The molecule has 0 atom stereocenters. The molecule has 0 aliphatic heterocycles. The summed E-state index contributed by atoms with van der Waals surface area (Å²) in [7, 11) is 0. The first-order chi connectivity index (χ1) is 9.08. The van der Waals surface area contributed by atoms with Gasteiger partial charge in [-0.2, -0.15) is 0 Å². The Kier molecular flexibility index (Phi) is 7.68. The normalized spacial score (nSPS) is 11.7. The molecule has 1 N–H and O–H groups in total. The number of hydrogen-bond acceptors (Lipinski definition) is 3. The second-order valence-corrected chi connectivity index (χ2v) is 5.96. The summed E-state index contributed by atoms with van der Waals surface area (Å²) in [5.74, 6) is 0. The smallest absolute Gasteiger partial charge is 0.0469 e. The van der Waals surface area contributed by atoms with Crippen molar-refractivity contribution in [2.75, 3.05) is 19.8 Å². The first kappa shape index (κ1) is 16.1. The van der Waals surface area contributed by atoms with Crippen molar-refractivity contribution >= 4 is 0 Å². The molecule has 1 aromatic rings. The van der Waals surface area contributed by atoms with Gasteiger partial charge in [0, 0.05) is 31.1 Å². The maximum atomic E-state index is 5.64. The highest BCUT2D eigenvalue weighted by Gasteiger charge is 2.06. The van der Waals surface area contributed by atoms with Crippen LogP contribution in [0.4, 0.5) is 0 Å². The van der Waals surface area contributed by atoms with Crippen molar-refractivity contribution in [1.29, 1.82) is 0 Å². The van der Waals surface area contributed by atoms with Gasteiger partial charge in [0.05, 0.1) is 0 Å². The zero-order chi connectivity index (χ0) is 14.0. The van der Waals surface area contributed by atoms with Crippen molar-refractivity contribution in [2.24, 2.45) is 0 Å². The SMILES string of the molecule is CC(C)(C)NCCCCOCCCc1ccncc1. The van der Waals surface area contributed by atoms with Gasteiger partial charge in [-0.3, -0.25) is 4.98 Å². The highest BCUT2D eigenvalue weighted by atomic mass is 16.5. The van der Waals surface area contributed by atoms with E-state index in [4.69, 9.17) is 4.74 Å². The van der Waals surface area contributed by atoms with E-state index in [0.717, 1.165) is 39.0 Å². The monoisotopic (exact) mass is 264 g/mol.